The zero-order valence-electron chi connectivity index (χ0n) is 13.5. The number of rotatable bonds is 4. The van der Waals surface area contributed by atoms with Crippen LogP contribution in [-0.2, 0) is 22.4 Å². The van der Waals surface area contributed by atoms with Gasteiger partial charge in [0.05, 0.1) is 5.41 Å². The third-order valence-corrected chi connectivity index (χ3v) is 4.56. The normalized spacial score (nSPS) is 20.7. The van der Waals surface area contributed by atoms with Crippen LogP contribution < -0.4 is 0 Å². The number of carbonyl (C=O) groups excluding carboxylic acids is 2. The molecule has 2 aromatic rings. The second kappa shape index (κ2) is 5.96. The highest BCUT2D eigenvalue weighted by Crippen LogP contribution is 2.35. The molecule has 0 saturated carbocycles. The minimum absolute atomic E-state index is 0.0353. The molecule has 0 N–H and O–H groups in total. The van der Waals surface area contributed by atoms with E-state index in [1.165, 1.54) is 5.56 Å². The Kier molecular flexibility index (Phi) is 3.99. The lowest BCUT2D eigenvalue weighted by atomic mass is 9.78. The number of aryl methyl sites for hydroxylation is 1. The summed E-state index contributed by atoms with van der Waals surface area (Å²) < 4.78 is 0. The number of Topliss-reactive ketones (excluding diaryl/α,β-unsaturated/α-hetero) is 1. The topological polar surface area (TPSA) is 34.1 Å². The zero-order chi connectivity index (χ0) is 16.4. The van der Waals surface area contributed by atoms with Crippen molar-refractivity contribution in [2.75, 3.05) is 0 Å². The maximum absolute atomic E-state index is 12.8. The fourth-order valence-electron chi connectivity index (χ4n) is 3.08. The first kappa shape index (κ1) is 15.4. The molecule has 23 heavy (non-hydrogen) atoms. The quantitative estimate of drug-likeness (QED) is 0.804. The Bertz CT molecular complexity index is 769. The molecule has 0 radical (unpaired) electrons. The van der Waals surface area contributed by atoms with Crippen molar-refractivity contribution in [1.82, 2.24) is 0 Å². The number of hydrogen-bond donors (Lipinski definition) is 0. The molecule has 2 heteroatoms. The number of allylic oxidation sites excluding steroid dienone is 2. The minimum Gasteiger partial charge on any atom is -0.294 e. The van der Waals surface area contributed by atoms with Gasteiger partial charge in [-0.15, -0.1) is 0 Å². The summed E-state index contributed by atoms with van der Waals surface area (Å²) in [5, 5.41) is 0. The molecule has 0 saturated heterocycles. The van der Waals surface area contributed by atoms with Crippen molar-refractivity contribution < 1.29 is 9.59 Å². The molecule has 1 aliphatic carbocycles. The van der Waals surface area contributed by atoms with E-state index in [-0.39, 0.29) is 11.6 Å². The van der Waals surface area contributed by atoms with Crippen LogP contribution in [0.2, 0.25) is 0 Å². The van der Waals surface area contributed by atoms with Crippen LogP contribution in [0.5, 0.6) is 0 Å². The minimum atomic E-state index is -0.957. The van der Waals surface area contributed by atoms with Crippen molar-refractivity contribution in [3.8, 4) is 0 Å². The molecule has 0 fully saturated rings. The van der Waals surface area contributed by atoms with Gasteiger partial charge in [0, 0.05) is 12.0 Å². The van der Waals surface area contributed by atoms with Gasteiger partial charge in [-0.2, -0.15) is 0 Å². The predicted molar refractivity (Wildman–Crippen MR) is 91.2 cm³/mol. The van der Waals surface area contributed by atoms with Gasteiger partial charge in [0.15, 0.2) is 11.6 Å². The van der Waals surface area contributed by atoms with Crippen molar-refractivity contribution in [3.05, 3.63) is 82.9 Å². The van der Waals surface area contributed by atoms with Gasteiger partial charge in [-0.05, 0) is 37.5 Å². The average molecular weight is 304 g/mol. The molecule has 3 rings (SSSR count). The Labute approximate surface area is 136 Å². The number of ketones is 2. The summed E-state index contributed by atoms with van der Waals surface area (Å²) in [6.07, 6.45) is 2.53. The third kappa shape index (κ3) is 3.02. The molecule has 2 nitrogen and oxygen atoms in total. The standard InChI is InChI=1S/C21H20O2/c1-15-8-10-16(11-9-15)12-18-13-19(22)21(2,20(18)23)14-17-6-4-3-5-7-17/h3-11,13H,12,14H2,1-2H3/t21-/m1/s1. The largest absolute Gasteiger partial charge is 0.294 e. The van der Waals surface area contributed by atoms with E-state index in [0.29, 0.717) is 18.4 Å². The van der Waals surface area contributed by atoms with Crippen molar-refractivity contribution in [2.45, 2.75) is 26.7 Å². The van der Waals surface area contributed by atoms with Crippen LogP contribution in [0.3, 0.4) is 0 Å². The maximum atomic E-state index is 12.8. The number of hydrogen-bond acceptors (Lipinski definition) is 2. The lowest BCUT2D eigenvalue weighted by Crippen LogP contribution is -2.33. The van der Waals surface area contributed by atoms with E-state index < -0.39 is 5.41 Å². The van der Waals surface area contributed by atoms with Crippen molar-refractivity contribution in [2.24, 2.45) is 5.41 Å². The van der Waals surface area contributed by atoms with Crippen molar-refractivity contribution in [3.63, 3.8) is 0 Å². The summed E-state index contributed by atoms with van der Waals surface area (Å²) in [5.41, 5.74) is 2.93. The summed E-state index contributed by atoms with van der Waals surface area (Å²) in [6, 6.07) is 17.8. The van der Waals surface area contributed by atoms with E-state index in [1.54, 1.807) is 13.0 Å². The molecule has 0 unspecified atom stereocenters. The maximum Gasteiger partial charge on any atom is 0.173 e. The van der Waals surface area contributed by atoms with Crippen LogP contribution in [0.4, 0.5) is 0 Å². The second-order valence-electron chi connectivity index (χ2n) is 6.52. The Morgan fingerprint density at radius 1 is 0.870 bits per heavy atom. The van der Waals surface area contributed by atoms with E-state index in [1.807, 2.05) is 61.5 Å². The van der Waals surface area contributed by atoms with Gasteiger partial charge >= 0.3 is 0 Å². The monoisotopic (exact) mass is 304 g/mol. The molecule has 1 aliphatic rings. The van der Waals surface area contributed by atoms with Gasteiger partial charge in [-0.3, -0.25) is 9.59 Å². The molecule has 0 amide bonds. The average Bonchev–Trinajstić information content (AvgIpc) is 2.75. The SMILES string of the molecule is Cc1ccc(CC2=CC(=O)[C@@](C)(Cc3ccccc3)C2=O)cc1. The molecular weight excluding hydrogens is 284 g/mol. The van der Waals surface area contributed by atoms with E-state index >= 15 is 0 Å². The van der Waals surface area contributed by atoms with Crippen molar-refractivity contribution in [1.29, 1.82) is 0 Å². The summed E-state index contributed by atoms with van der Waals surface area (Å²) in [7, 11) is 0. The summed E-state index contributed by atoms with van der Waals surface area (Å²) >= 11 is 0. The Balaban J connectivity index is 1.80. The molecule has 0 aromatic heterocycles. The van der Waals surface area contributed by atoms with Crippen LogP contribution in [0.1, 0.15) is 23.6 Å². The van der Waals surface area contributed by atoms with E-state index in [0.717, 1.165) is 11.1 Å². The van der Waals surface area contributed by atoms with Gasteiger partial charge in [0.1, 0.15) is 0 Å². The highest BCUT2D eigenvalue weighted by atomic mass is 16.2. The van der Waals surface area contributed by atoms with Gasteiger partial charge < -0.3 is 0 Å². The Hall–Kier alpha value is -2.48. The Morgan fingerprint density at radius 3 is 2.17 bits per heavy atom. The third-order valence-electron chi connectivity index (χ3n) is 4.56. The molecule has 116 valence electrons. The van der Waals surface area contributed by atoms with E-state index in [2.05, 4.69) is 0 Å². The first-order valence-corrected chi connectivity index (χ1v) is 7.88. The lowest BCUT2D eigenvalue weighted by Gasteiger charge is -2.21. The summed E-state index contributed by atoms with van der Waals surface area (Å²) in [4.78, 5) is 25.3. The zero-order valence-corrected chi connectivity index (χ0v) is 13.5. The molecular formula is C21H20O2. The smallest absolute Gasteiger partial charge is 0.173 e. The first-order chi connectivity index (χ1) is 11.0. The van der Waals surface area contributed by atoms with Crippen LogP contribution in [0.15, 0.2) is 66.2 Å². The molecule has 0 bridgehead atoms. The van der Waals surface area contributed by atoms with Crippen LogP contribution in [0, 0.1) is 12.3 Å². The lowest BCUT2D eigenvalue weighted by molar-refractivity contribution is -0.132. The molecule has 1 atom stereocenters. The number of benzene rings is 2. The molecule has 0 aliphatic heterocycles. The predicted octanol–water partition coefficient (Wildman–Crippen LogP) is 3.86. The summed E-state index contributed by atoms with van der Waals surface area (Å²) in [6.45, 7) is 3.80. The van der Waals surface area contributed by atoms with E-state index in [4.69, 9.17) is 0 Å². The van der Waals surface area contributed by atoms with Gasteiger partial charge in [0.25, 0.3) is 0 Å². The van der Waals surface area contributed by atoms with Gasteiger partial charge in [-0.1, -0.05) is 60.2 Å². The fraction of sp³-hybridized carbons (Fsp3) is 0.238. The van der Waals surface area contributed by atoms with Crippen LogP contribution in [0.25, 0.3) is 0 Å². The molecule has 0 spiro atoms. The second-order valence-corrected chi connectivity index (χ2v) is 6.52. The van der Waals surface area contributed by atoms with Crippen LogP contribution in [-0.4, -0.2) is 11.6 Å². The van der Waals surface area contributed by atoms with Crippen LogP contribution >= 0.6 is 0 Å². The molecule has 2 aromatic carbocycles. The fourth-order valence-corrected chi connectivity index (χ4v) is 3.08. The Morgan fingerprint density at radius 2 is 1.52 bits per heavy atom. The number of carbonyl (C=O) groups is 2. The van der Waals surface area contributed by atoms with Crippen molar-refractivity contribution >= 4 is 11.6 Å². The van der Waals surface area contributed by atoms with Gasteiger partial charge in [0.2, 0.25) is 0 Å². The van der Waals surface area contributed by atoms with E-state index in [9.17, 15) is 9.59 Å². The highest BCUT2D eigenvalue weighted by Gasteiger charge is 2.45. The first-order valence-electron chi connectivity index (χ1n) is 7.88. The summed E-state index contributed by atoms with van der Waals surface area (Å²) in [5.74, 6) is -0.111. The highest BCUT2D eigenvalue weighted by molar-refractivity contribution is 6.25. The van der Waals surface area contributed by atoms with Gasteiger partial charge in [-0.25, -0.2) is 0 Å². The molecule has 0 heterocycles.